The first-order valence-corrected chi connectivity index (χ1v) is 16.8. The summed E-state index contributed by atoms with van der Waals surface area (Å²) < 4.78 is 101. The molecule has 0 bridgehead atoms. The van der Waals surface area contributed by atoms with E-state index in [1.165, 1.54) is 0 Å². The molecule has 1 aromatic heterocycles. The summed E-state index contributed by atoms with van der Waals surface area (Å²) in [4.78, 5) is 8.49. The highest BCUT2D eigenvalue weighted by Gasteiger charge is 2.26. The molecule has 4 rings (SSSR count). The Hall–Kier alpha value is -4.29. The van der Waals surface area contributed by atoms with E-state index in [1.54, 1.807) is 31.2 Å². The number of carbonyl (C=O) groups is 1. The lowest BCUT2D eigenvalue weighted by Gasteiger charge is -2.11. The topological polar surface area (TPSA) is 267 Å². The molecule has 0 aliphatic heterocycles. The van der Waals surface area contributed by atoms with E-state index in [2.05, 4.69) is 15.5 Å². The Morgan fingerprint density at radius 1 is 0.907 bits per heavy atom. The molecule has 0 spiro atoms. The van der Waals surface area contributed by atoms with Gasteiger partial charge in [-0.25, -0.2) is 0 Å². The molecule has 0 atom stereocenters. The molecule has 0 aliphatic rings. The van der Waals surface area contributed by atoms with Crippen molar-refractivity contribution in [2.45, 2.75) is 28.0 Å². The molecule has 1 amide bonds. The minimum atomic E-state index is -5.22. The average molecular weight is 666 g/mol. The number of fused-ring (bicyclic) bond motifs is 1. The molecular weight excluding hydrogens is 647 g/mol. The maximum absolute atomic E-state index is 12.2. The zero-order chi connectivity index (χ0) is 31.9. The van der Waals surface area contributed by atoms with Crippen molar-refractivity contribution in [1.82, 2.24) is 0 Å². The van der Waals surface area contributed by atoms with Crippen molar-refractivity contribution < 1.29 is 43.7 Å². The molecule has 224 valence electrons. The second-order valence-corrected chi connectivity index (χ2v) is 13.9. The van der Waals surface area contributed by atoms with Gasteiger partial charge in [0, 0.05) is 28.4 Å². The highest BCUT2D eigenvalue weighted by atomic mass is 32.2. The highest BCUT2D eigenvalue weighted by Crippen LogP contribution is 2.45. The molecule has 0 saturated carbocycles. The summed E-state index contributed by atoms with van der Waals surface area (Å²) in [5.41, 5.74) is 6.87. The van der Waals surface area contributed by atoms with E-state index in [0.29, 0.717) is 23.4 Å². The first-order valence-electron chi connectivity index (χ1n) is 11.6. The standard InChI is InChI=1S/C24H19N5O10S4/c1-2-21(30)27-13-5-3-12(4-6-13)22-18(11-25)23(26)40-24(22)29-28-14-7-16-17(19(8-14)42(34,35)36)9-15(41(31,32)33)10-20(16)43(37,38)39/h3-10H,2,26H2,1H3,(H,27,30)(H,31,32,33)(H,34,35,36)(H,37,38,39). The molecule has 0 fully saturated rings. The number of nitrogens with two attached hydrogens (primary N) is 1. The molecule has 0 saturated heterocycles. The fourth-order valence-electron chi connectivity index (χ4n) is 3.95. The largest absolute Gasteiger partial charge is 0.389 e. The summed E-state index contributed by atoms with van der Waals surface area (Å²) in [5.74, 6) is -0.217. The summed E-state index contributed by atoms with van der Waals surface area (Å²) in [5, 5.41) is 19.3. The number of nitriles is 1. The minimum absolute atomic E-state index is 0.0489. The summed E-state index contributed by atoms with van der Waals surface area (Å²) >= 11 is 0.851. The van der Waals surface area contributed by atoms with Gasteiger partial charge in [-0.1, -0.05) is 30.4 Å². The van der Waals surface area contributed by atoms with E-state index >= 15 is 0 Å². The molecule has 6 N–H and O–H groups in total. The van der Waals surface area contributed by atoms with E-state index in [4.69, 9.17) is 5.73 Å². The summed E-state index contributed by atoms with van der Waals surface area (Å²) in [6.07, 6.45) is 0.257. The number of nitrogens with one attached hydrogen (secondary N) is 1. The van der Waals surface area contributed by atoms with Gasteiger partial charge in [0.05, 0.1) is 16.1 Å². The van der Waals surface area contributed by atoms with Crippen LogP contribution in [0.3, 0.4) is 0 Å². The molecule has 3 aromatic carbocycles. The molecule has 0 unspecified atom stereocenters. The van der Waals surface area contributed by atoms with Crippen LogP contribution in [0.2, 0.25) is 0 Å². The summed E-state index contributed by atoms with van der Waals surface area (Å²) in [6, 6.07) is 11.0. The van der Waals surface area contributed by atoms with Crippen LogP contribution in [0.1, 0.15) is 18.9 Å². The zero-order valence-electron chi connectivity index (χ0n) is 21.6. The Bertz CT molecular complexity index is 2200. The number of carbonyl (C=O) groups excluding carboxylic acids is 1. The number of anilines is 2. The second-order valence-electron chi connectivity index (χ2n) is 8.70. The van der Waals surface area contributed by atoms with E-state index in [1.807, 2.05) is 6.07 Å². The van der Waals surface area contributed by atoms with Crippen LogP contribution in [-0.2, 0) is 35.1 Å². The van der Waals surface area contributed by atoms with Gasteiger partial charge in [0.1, 0.15) is 25.9 Å². The minimum Gasteiger partial charge on any atom is -0.389 e. The van der Waals surface area contributed by atoms with Gasteiger partial charge in [-0.3, -0.25) is 18.5 Å². The van der Waals surface area contributed by atoms with Crippen LogP contribution in [0.25, 0.3) is 21.9 Å². The Kier molecular flexibility index (Phi) is 8.40. The van der Waals surface area contributed by atoms with Crippen LogP contribution in [0.5, 0.6) is 0 Å². The molecule has 1 heterocycles. The van der Waals surface area contributed by atoms with Crippen LogP contribution in [0.4, 0.5) is 21.4 Å². The third kappa shape index (κ3) is 6.70. The quantitative estimate of drug-likeness (QED) is 0.128. The first-order chi connectivity index (χ1) is 19.9. The molecule has 43 heavy (non-hydrogen) atoms. The summed E-state index contributed by atoms with van der Waals surface area (Å²) in [6.45, 7) is 1.68. The molecule has 0 aliphatic carbocycles. The smallest absolute Gasteiger partial charge is 0.295 e. The van der Waals surface area contributed by atoms with E-state index < -0.39 is 55.8 Å². The van der Waals surface area contributed by atoms with Crippen molar-refractivity contribution in [3.8, 4) is 17.2 Å². The van der Waals surface area contributed by atoms with Gasteiger partial charge in [-0.05, 0) is 42.0 Å². The number of azo groups is 1. The lowest BCUT2D eigenvalue weighted by molar-refractivity contribution is -0.115. The number of thiophene rings is 1. The Morgan fingerprint density at radius 3 is 2.02 bits per heavy atom. The Balaban J connectivity index is 1.93. The third-order valence-electron chi connectivity index (χ3n) is 5.87. The van der Waals surface area contributed by atoms with Crippen LogP contribution in [0, 0.1) is 11.3 Å². The van der Waals surface area contributed by atoms with E-state index in [9.17, 15) is 49.0 Å². The Labute approximate surface area is 248 Å². The normalized spacial score (nSPS) is 12.4. The molecule has 15 nitrogen and oxygen atoms in total. The van der Waals surface area contributed by atoms with E-state index in [-0.39, 0.29) is 39.1 Å². The lowest BCUT2D eigenvalue weighted by Crippen LogP contribution is -2.08. The number of benzene rings is 3. The number of hydrogen-bond acceptors (Lipinski definition) is 12. The number of nitrogen functional groups attached to an aromatic ring is 1. The van der Waals surface area contributed by atoms with Crippen molar-refractivity contribution in [2.24, 2.45) is 10.2 Å². The molecule has 19 heteroatoms. The average Bonchev–Trinajstić information content (AvgIpc) is 3.24. The van der Waals surface area contributed by atoms with Crippen LogP contribution in [0.15, 0.2) is 73.4 Å². The van der Waals surface area contributed by atoms with Gasteiger partial charge in [-0.15, -0.1) is 10.2 Å². The van der Waals surface area contributed by atoms with Crippen LogP contribution in [-0.4, -0.2) is 44.8 Å². The number of rotatable bonds is 8. The predicted molar refractivity (Wildman–Crippen MR) is 155 cm³/mol. The monoisotopic (exact) mass is 665 g/mol. The SMILES string of the molecule is CCC(=O)Nc1ccc(-c2c(N=Nc3cc(S(=O)(=O)O)c4cc(S(=O)(=O)O)cc(S(=O)(=O)O)c4c3)sc(N)c2C#N)cc1. The van der Waals surface area contributed by atoms with Crippen molar-refractivity contribution in [2.75, 3.05) is 11.1 Å². The zero-order valence-corrected chi connectivity index (χ0v) is 24.8. The second kappa shape index (κ2) is 11.4. The van der Waals surface area contributed by atoms with Crippen molar-refractivity contribution in [3.05, 3.63) is 54.1 Å². The number of amides is 1. The first kappa shape index (κ1) is 31.6. The highest BCUT2D eigenvalue weighted by molar-refractivity contribution is 7.87. The predicted octanol–water partition coefficient (Wildman–Crippen LogP) is 4.53. The molecule has 4 aromatic rings. The molecular formula is C24H19N5O10S4. The fourth-order valence-corrected chi connectivity index (χ4v) is 6.86. The Morgan fingerprint density at radius 2 is 1.49 bits per heavy atom. The van der Waals surface area contributed by atoms with Gasteiger partial charge in [0.2, 0.25) is 5.91 Å². The fraction of sp³-hybridized carbons (Fsp3) is 0.0833. The maximum Gasteiger partial charge on any atom is 0.295 e. The van der Waals surface area contributed by atoms with Gasteiger partial charge in [0.25, 0.3) is 30.4 Å². The van der Waals surface area contributed by atoms with Crippen molar-refractivity contribution in [1.29, 1.82) is 5.26 Å². The van der Waals surface area contributed by atoms with E-state index in [0.717, 1.165) is 23.5 Å². The van der Waals surface area contributed by atoms with Crippen molar-refractivity contribution >= 4 is 79.7 Å². The van der Waals surface area contributed by atoms with Gasteiger partial charge in [-0.2, -0.15) is 30.5 Å². The van der Waals surface area contributed by atoms with Gasteiger partial charge in [0.15, 0.2) is 0 Å². The third-order valence-corrected chi connectivity index (χ3v) is 9.39. The summed E-state index contributed by atoms with van der Waals surface area (Å²) in [7, 11) is -15.5. The number of nitrogens with zero attached hydrogens (tertiary/aromatic N) is 3. The lowest BCUT2D eigenvalue weighted by atomic mass is 10.0. The van der Waals surface area contributed by atoms with Crippen LogP contribution < -0.4 is 11.1 Å². The number of hydrogen-bond donors (Lipinski definition) is 5. The van der Waals surface area contributed by atoms with Crippen LogP contribution >= 0.6 is 11.3 Å². The molecule has 0 radical (unpaired) electrons. The van der Waals surface area contributed by atoms with Gasteiger partial charge < -0.3 is 11.1 Å². The van der Waals surface area contributed by atoms with Gasteiger partial charge >= 0.3 is 0 Å². The maximum atomic E-state index is 12.2. The van der Waals surface area contributed by atoms with Crippen molar-refractivity contribution in [3.63, 3.8) is 0 Å².